The Hall–Kier alpha value is -0.370. The number of para-hydroxylation sites is 1. The molecule has 4 heteroatoms. The third-order valence-electron chi connectivity index (χ3n) is 2.26. The van der Waals surface area contributed by atoms with E-state index in [1.165, 1.54) is 0 Å². The van der Waals surface area contributed by atoms with Gasteiger partial charge in [0.2, 0.25) is 0 Å². The molecule has 0 saturated heterocycles. The highest BCUT2D eigenvalue weighted by molar-refractivity contribution is 8.10. The van der Waals surface area contributed by atoms with Gasteiger partial charge in [-0.2, -0.15) is 0 Å². The van der Waals surface area contributed by atoms with Gasteiger partial charge in [0.1, 0.15) is 5.75 Å². The normalized spacial score (nSPS) is 14.9. The van der Waals surface area contributed by atoms with Gasteiger partial charge in [-0.05, 0) is 23.9 Å². The smallest absolute Gasteiger partial charge is 0.178 e. The summed E-state index contributed by atoms with van der Waals surface area (Å²) in [6, 6.07) is 9.81. The van der Waals surface area contributed by atoms with Crippen molar-refractivity contribution in [1.29, 1.82) is 0 Å². The Kier molecular flexibility index (Phi) is 4.78. The predicted molar refractivity (Wildman–Crippen MR) is 70.2 cm³/mol. The molecule has 0 fully saturated rings. The average Bonchev–Trinajstić information content (AvgIpc) is 2.19. The van der Waals surface area contributed by atoms with Crippen LogP contribution in [0.3, 0.4) is 0 Å². The summed E-state index contributed by atoms with van der Waals surface area (Å²) in [7, 11) is 0. The Bertz CT molecular complexity index is 338. The minimum atomic E-state index is -1.86. The molecule has 1 unspecified atom stereocenters. The third-order valence-corrected chi connectivity index (χ3v) is 5.32. The quantitative estimate of drug-likeness (QED) is 0.736. The van der Waals surface area contributed by atoms with Crippen LogP contribution in [-0.2, 0) is 11.8 Å². The SMILES string of the molecule is CCN(CC)P(C)(=S)Oc1ccccc1. The first kappa shape index (κ1) is 12.7. The summed E-state index contributed by atoms with van der Waals surface area (Å²) in [5.41, 5.74) is 0. The highest BCUT2D eigenvalue weighted by Crippen LogP contribution is 2.46. The van der Waals surface area contributed by atoms with Crippen LogP contribution in [0.1, 0.15) is 13.8 Å². The summed E-state index contributed by atoms with van der Waals surface area (Å²) >= 11 is 5.56. The van der Waals surface area contributed by atoms with Crippen LogP contribution in [0.5, 0.6) is 5.75 Å². The van der Waals surface area contributed by atoms with Crippen molar-refractivity contribution in [2.45, 2.75) is 13.8 Å². The minimum Gasteiger partial charge on any atom is -0.453 e. The summed E-state index contributed by atoms with van der Waals surface area (Å²) in [6.45, 7) is 8.14. The molecule has 1 aromatic rings. The molecule has 0 heterocycles. The van der Waals surface area contributed by atoms with Gasteiger partial charge in [0, 0.05) is 19.8 Å². The highest BCUT2D eigenvalue weighted by atomic mass is 32.4. The molecule has 1 rings (SSSR count). The fraction of sp³-hybridized carbons (Fsp3) is 0.455. The van der Waals surface area contributed by atoms with Gasteiger partial charge in [0.15, 0.2) is 6.42 Å². The summed E-state index contributed by atoms with van der Waals surface area (Å²) in [4.78, 5) is 0. The second-order valence-corrected chi connectivity index (χ2v) is 7.73. The fourth-order valence-corrected chi connectivity index (χ4v) is 4.08. The first-order valence-electron chi connectivity index (χ1n) is 5.17. The van der Waals surface area contributed by atoms with Gasteiger partial charge in [-0.15, -0.1) is 0 Å². The molecule has 2 nitrogen and oxygen atoms in total. The van der Waals surface area contributed by atoms with Crippen LogP contribution < -0.4 is 4.52 Å². The molecule has 0 aliphatic heterocycles. The van der Waals surface area contributed by atoms with Crippen LogP contribution in [0.25, 0.3) is 0 Å². The summed E-state index contributed by atoms with van der Waals surface area (Å²) in [6.07, 6.45) is -1.86. The predicted octanol–water partition coefficient (Wildman–Crippen LogP) is 3.35. The fourth-order valence-electron chi connectivity index (χ4n) is 1.47. The Balaban J connectivity index is 2.76. The van der Waals surface area contributed by atoms with E-state index in [1.54, 1.807) is 0 Å². The zero-order valence-electron chi connectivity index (χ0n) is 9.51. The molecular formula is C11H18NOPS. The summed E-state index contributed by atoms with van der Waals surface area (Å²) in [5, 5.41) is 0. The standard InChI is InChI=1S/C11H18NOPS/c1-4-12(5-2)14(3,15)13-11-9-7-6-8-10-11/h6-10H,4-5H2,1-3H3. The maximum absolute atomic E-state index is 5.90. The van der Waals surface area contributed by atoms with E-state index in [0.29, 0.717) is 0 Å². The Morgan fingerprint density at radius 2 is 1.73 bits per heavy atom. The van der Waals surface area contributed by atoms with E-state index in [1.807, 2.05) is 37.0 Å². The molecule has 0 spiro atoms. The Morgan fingerprint density at radius 1 is 1.20 bits per heavy atom. The van der Waals surface area contributed by atoms with E-state index in [2.05, 4.69) is 18.5 Å². The number of hydrogen-bond donors (Lipinski definition) is 0. The van der Waals surface area contributed by atoms with Crippen molar-refractivity contribution in [1.82, 2.24) is 4.67 Å². The van der Waals surface area contributed by atoms with Crippen molar-refractivity contribution >= 4 is 18.2 Å². The lowest BCUT2D eigenvalue weighted by Crippen LogP contribution is -2.21. The van der Waals surface area contributed by atoms with Crippen molar-refractivity contribution in [3.8, 4) is 5.75 Å². The molecule has 0 aliphatic carbocycles. The lowest BCUT2D eigenvalue weighted by molar-refractivity contribution is 0.448. The molecular weight excluding hydrogens is 225 g/mol. The molecule has 0 amide bonds. The lowest BCUT2D eigenvalue weighted by Gasteiger charge is -2.30. The van der Waals surface area contributed by atoms with Gasteiger partial charge >= 0.3 is 0 Å². The molecule has 84 valence electrons. The molecule has 0 bridgehead atoms. The number of nitrogens with zero attached hydrogens (tertiary/aromatic N) is 1. The monoisotopic (exact) mass is 243 g/mol. The van der Waals surface area contributed by atoms with Crippen molar-refractivity contribution in [2.75, 3.05) is 19.8 Å². The molecule has 1 aromatic carbocycles. The van der Waals surface area contributed by atoms with Gasteiger partial charge in [-0.3, -0.25) is 0 Å². The zero-order chi connectivity index (χ0) is 11.3. The molecule has 1 atom stereocenters. The number of hydrogen-bond acceptors (Lipinski definition) is 2. The number of benzene rings is 1. The molecule has 0 saturated carbocycles. The van der Waals surface area contributed by atoms with Gasteiger partial charge in [0.05, 0.1) is 0 Å². The lowest BCUT2D eigenvalue weighted by atomic mass is 10.3. The third kappa shape index (κ3) is 3.60. The number of rotatable bonds is 5. The van der Waals surface area contributed by atoms with E-state index < -0.39 is 6.42 Å². The highest BCUT2D eigenvalue weighted by Gasteiger charge is 2.19. The van der Waals surface area contributed by atoms with E-state index in [4.69, 9.17) is 16.3 Å². The van der Waals surface area contributed by atoms with E-state index in [-0.39, 0.29) is 0 Å². The van der Waals surface area contributed by atoms with Crippen LogP contribution >= 0.6 is 6.42 Å². The summed E-state index contributed by atoms with van der Waals surface area (Å²) < 4.78 is 8.12. The molecule has 0 N–H and O–H groups in total. The zero-order valence-corrected chi connectivity index (χ0v) is 11.2. The average molecular weight is 243 g/mol. The van der Waals surface area contributed by atoms with E-state index >= 15 is 0 Å². The van der Waals surface area contributed by atoms with Crippen molar-refractivity contribution in [3.63, 3.8) is 0 Å². The topological polar surface area (TPSA) is 12.5 Å². The molecule has 0 aliphatic rings. The maximum Gasteiger partial charge on any atom is 0.178 e. The van der Waals surface area contributed by atoms with Gasteiger partial charge in [-0.25, -0.2) is 4.67 Å². The molecule has 0 radical (unpaired) electrons. The van der Waals surface area contributed by atoms with Crippen molar-refractivity contribution in [3.05, 3.63) is 30.3 Å². The Labute approximate surface area is 97.4 Å². The van der Waals surface area contributed by atoms with Gasteiger partial charge < -0.3 is 4.52 Å². The first-order chi connectivity index (χ1) is 7.10. The maximum atomic E-state index is 5.90. The largest absolute Gasteiger partial charge is 0.453 e. The van der Waals surface area contributed by atoms with Gasteiger partial charge in [0.25, 0.3) is 0 Å². The first-order valence-corrected chi connectivity index (χ1v) is 8.29. The van der Waals surface area contributed by atoms with Crippen molar-refractivity contribution in [2.24, 2.45) is 0 Å². The van der Waals surface area contributed by atoms with Crippen LogP contribution in [0.15, 0.2) is 30.3 Å². The van der Waals surface area contributed by atoms with Crippen LogP contribution in [-0.4, -0.2) is 24.4 Å². The van der Waals surface area contributed by atoms with E-state index in [0.717, 1.165) is 18.8 Å². The minimum absolute atomic E-state index is 0.871. The molecule has 0 aromatic heterocycles. The van der Waals surface area contributed by atoms with Crippen LogP contribution in [0.4, 0.5) is 0 Å². The van der Waals surface area contributed by atoms with Crippen LogP contribution in [0, 0.1) is 0 Å². The van der Waals surface area contributed by atoms with E-state index in [9.17, 15) is 0 Å². The second kappa shape index (κ2) is 5.64. The van der Waals surface area contributed by atoms with Crippen molar-refractivity contribution < 1.29 is 4.52 Å². The second-order valence-electron chi connectivity index (χ2n) is 3.35. The summed E-state index contributed by atoms with van der Waals surface area (Å²) in [5.74, 6) is 0.871. The van der Waals surface area contributed by atoms with Crippen LogP contribution in [0.2, 0.25) is 0 Å². The molecule has 15 heavy (non-hydrogen) atoms. The Morgan fingerprint density at radius 3 is 2.20 bits per heavy atom. The van der Waals surface area contributed by atoms with Gasteiger partial charge in [-0.1, -0.05) is 32.0 Å².